The quantitative estimate of drug-likeness (QED) is 0.396. The summed E-state index contributed by atoms with van der Waals surface area (Å²) in [5, 5.41) is 22.8. The molecular formula is C22H26N2O5. The van der Waals surface area contributed by atoms with Crippen LogP contribution in [0.25, 0.3) is 10.9 Å². The van der Waals surface area contributed by atoms with Gasteiger partial charge in [-0.2, -0.15) is 0 Å². The summed E-state index contributed by atoms with van der Waals surface area (Å²) in [7, 11) is 0. The highest BCUT2D eigenvalue weighted by Crippen LogP contribution is 2.28. The number of aliphatic hydroxyl groups excluding tert-OH is 1. The number of nitrogens with one attached hydrogen (secondary N) is 2. The first-order valence-corrected chi connectivity index (χ1v) is 9.63. The summed E-state index contributed by atoms with van der Waals surface area (Å²) < 4.78 is 11.1. The van der Waals surface area contributed by atoms with E-state index in [0.717, 1.165) is 22.0 Å². The molecule has 0 aliphatic heterocycles. The van der Waals surface area contributed by atoms with Crippen LogP contribution in [0.3, 0.4) is 0 Å². The number of aromatic nitrogens is 1. The van der Waals surface area contributed by atoms with Gasteiger partial charge in [-0.25, -0.2) is 0 Å². The van der Waals surface area contributed by atoms with E-state index >= 15 is 0 Å². The highest BCUT2D eigenvalue weighted by atomic mass is 16.5. The first kappa shape index (κ1) is 20.7. The number of aromatic amines is 1. The van der Waals surface area contributed by atoms with E-state index in [-0.39, 0.29) is 13.2 Å². The summed E-state index contributed by atoms with van der Waals surface area (Å²) in [6, 6.07) is 12.6. The van der Waals surface area contributed by atoms with Gasteiger partial charge in [0.15, 0.2) is 11.5 Å². The van der Waals surface area contributed by atoms with Crippen LogP contribution in [0.5, 0.6) is 11.5 Å². The van der Waals surface area contributed by atoms with Crippen LogP contribution in [-0.2, 0) is 17.8 Å². The SMILES string of the molecule is CCOc1cc(CNC(Cc2c[nH]c3ccccc23)C(=O)O)ccc1OCCO. The number of H-pyrrole nitrogens is 1. The van der Waals surface area contributed by atoms with Crippen LogP contribution in [0.2, 0.25) is 0 Å². The van der Waals surface area contributed by atoms with Gasteiger partial charge < -0.3 is 30.0 Å². The molecule has 0 fully saturated rings. The second-order valence-corrected chi connectivity index (χ2v) is 6.62. The molecule has 0 aliphatic rings. The summed E-state index contributed by atoms with van der Waals surface area (Å²) in [4.78, 5) is 15.0. The van der Waals surface area contributed by atoms with E-state index in [1.807, 2.05) is 49.5 Å². The topological polar surface area (TPSA) is 104 Å². The maximum Gasteiger partial charge on any atom is 0.321 e. The third-order valence-electron chi connectivity index (χ3n) is 4.61. The van der Waals surface area contributed by atoms with E-state index in [1.54, 1.807) is 6.07 Å². The number of para-hydroxylation sites is 1. The number of fused-ring (bicyclic) bond motifs is 1. The molecule has 0 saturated heterocycles. The predicted molar refractivity (Wildman–Crippen MR) is 110 cm³/mol. The largest absolute Gasteiger partial charge is 0.490 e. The van der Waals surface area contributed by atoms with Crippen LogP contribution in [0.1, 0.15) is 18.1 Å². The molecule has 3 aromatic rings. The first-order chi connectivity index (χ1) is 14.1. The van der Waals surface area contributed by atoms with E-state index in [1.165, 1.54) is 0 Å². The molecule has 0 radical (unpaired) electrons. The number of carboxylic acid groups (broad SMARTS) is 1. The van der Waals surface area contributed by atoms with Gasteiger partial charge in [0, 0.05) is 30.1 Å². The lowest BCUT2D eigenvalue weighted by molar-refractivity contribution is -0.139. The van der Waals surface area contributed by atoms with Gasteiger partial charge in [0.2, 0.25) is 0 Å². The summed E-state index contributed by atoms with van der Waals surface area (Å²) in [6.45, 7) is 2.83. The minimum absolute atomic E-state index is 0.0804. The van der Waals surface area contributed by atoms with Crippen molar-refractivity contribution < 1.29 is 24.5 Å². The number of carbonyl (C=O) groups is 1. The molecule has 0 aliphatic carbocycles. The van der Waals surface area contributed by atoms with Crippen LogP contribution in [0.15, 0.2) is 48.7 Å². The van der Waals surface area contributed by atoms with Crippen LogP contribution in [0.4, 0.5) is 0 Å². The van der Waals surface area contributed by atoms with E-state index < -0.39 is 12.0 Å². The van der Waals surface area contributed by atoms with Crippen molar-refractivity contribution in [3.8, 4) is 11.5 Å². The molecule has 1 aromatic heterocycles. The van der Waals surface area contributed by atoms with Gasteiger partial charge in [-0.15, -0.1) is 0 Å². The Kier molecular flexibility index (Phi) is 7.10. The highest BCUT2D eigenvalue weighted by molar-refractivity contribution is 5.84. The molecule has 7 nitrogen and oxygen atoms in total. The van der Waals surface area contributed by atoms with Gasteiger partial charge in [-0.1, -0.05) is 24.3 Å². The number of carboxylic acids is 1. The lowest BCUT2D eigenvalue weighted by Gasteiger charge is -2.16. The van der Waals surface area contributed by atoms with Gasteiger partial charge in [0.1, 0.15) is 12.6 Å². The monoisotopic (exact) mass is 398 g/mol. The fourth-order valence-corrected chi connectivity index (χ4v) is 3.21. The van der Waals surface area contributed by atoms with Crippen molar-refractivity contribution >= 4 is 16.9 Å². The Bertz CT molecular complexity index is 953. The number of aliphatic hydroxyl groups is 1. The number of ether oxygens (including phenoxy) is 2. The normalized spacial score (nSPS) is 12.1. The number of hydrogen-bond acceptors (Lipinski definition) is 5. The van der Waals surface area contributed by atoms with Crippen LogP contribution < -0.4 is 14.8 Å². The molecule has 0 spiro atoms. The number of rotatable bonds is 11. The van der Waals surface area contributed by atoms with Gasteiger partial charge in [-0.05, 0) is 36.2 Å². The molecule has 0 amide bonds. The van der Waals surface area contributed by atoms with Crippen LogP contribution in [0, 0.1) is 0 Å². The van der Waals surface area contributed by atoms with Gasteiger partial charge in [-0.3, -0.25) is 4.79 Å². The molecular weight excluding hydrogens is 372 g/mol. The molecule has 7 heteroatoms. The molecule has 0 bridgehead atoms. The van der Waals surface area contributed by atoms with Crippen molar-refractivity contribution in [2.45, 2.75) is 25.9 Å². The average Bonchev–Trinajstić information content (AvgIpc) is 3.13. The number of benzene rings is 2. The fraction of sp³-hybridized carbons (Fsp3) is 0.318. The van der Waals surface area contributed by atoms with Crippen LogP contribution in [-0.4, -0.2) is 47.0 Å². The zero-order valence-corrected chi connectivity index (χ0v) is 16.4. The molecule has 2 aromatic carbocycles. The molecule has 0 saturated carbocycles. The van der Waals surface area contributed by atoms with E-state index in [9.17, 15) is 9.90 Å². The molecule has 1 atom stereocenters. The highest BCUT2D eigenvalue weighted by Gasteiger charge is 2.19. The Morgan fingerprint density at radius 1 is 1.17 bits per heavy atom. The van der Waals surface area contributed by atoms with Crippen molar-refractivity contribution in [3.63, 3.8) is 0 Å². The van der Waals surface area contributed by atoms with E-state index in [4.69, 9.17) is 14.6 Å². The first-order valence-electron chi connectivity index (χ1n) is 9.63. The van der Waals surface area contributed by atoms with Crippen LogP contribution >= 0.6 is 0 Å². The third-order valence-corrected chi connectivity index (χ3v) is 4.61. The summed E-state index contributed by atoms with van der Waals surface area (Å²) in [6.07, 6.45) is 2.23. The Balaban J connectivity index is 1.70. The van der Waals surface area contributed by atoms with Crippen molar-refractivity contribution in [2.24, 2.45) is 0 Å². The maximum atomic E-state index is 11.8. The summed E-state index contributed by atoms with van der Waals surface area (Å²) in [5.74, 6) is 0.227. The number of hydrogen-bond donors (Lipinski definition) is 4. The minimum atomic E-state index is -0.900. The molecule has 29 heavy (non-hydrogen) atoms. The lowest BCUT2D eigenvalue weighted by Crippen LogP contribution is -2.38. The van der Waals surface area contributed by atoms with E-state index in [2.05, 4.69) is 10.3 Å². The minimum Gasteiger partial charge on any atom is -0.490 e. The Morgan fingerprint density at radius 2 is 2.00 bits per heavy atom. The predicted octanol–water partition coefficient (Wildman–Crippen LogP) is 2.72. The Hall–Kier alpha value is -3.03. The Labute approximate surface area is 169 Å². The molecule has 1 unspecified atom stereocenters. The van der Waals surface area contributed by atoms with Crippen molar-refractivity contribution in [1.82, 2.24) is 10.3 Å². The van der Waals surface area contributed by atoms with Crippen molar-refractivity contribution in [1.29, 1.82) is 0 Å². The summed E-state index contributed by atoms with van der Waals surface area (Å²) in [5.41, 5.74) is 2.84. The molecule has 154 valence electrons. The third kappa shape index (κ3) is 5.28. The van der Waals surface area contributed by atoms with Gasteiger partial charge in [0.25, 0.3) is 0 Å². The maximum absolute atomic E-state index is 11.8. The van der Waals surface area contributed by atoms with Crippen molar-refractivity contribution in [3.05, 3.63) is 59.8 Å². The molecule has 3 rings (SSSR count). The smallest absolute Gasteiger partial charge is 0.321 e. The van der Waals surface area contributed by atoms with Crippen molar-refractivity contribution in [2.75, 3.05) is 19.8 Å². The van der Waals surface area contributed by atoms with Gasteiger partial charge >= 0.3 is 5.97 Å². The summed E-state index contributed by atoms with van der Waals surface area (Å²) >= 11 is 0. The van der Waals surface area contributed by atoms with E-state index in [0.29, 0.717) is 31.1 Å². The Morgan fingerprint density at radius 3 is 2.76 bits per heavy atom. The lowest BCUT2D eigenvalue weighted by atomic mass is 10.0. The zero-order chi connectivity index (χ0) is 20.6. The fourth-order valence-electron chi connectivity index (χ4n) is 3.21. The second kappa shape index (κ2) is 9.95. The standard InChI is InChI=1S/C22H26N2O5/c1-2-28-21-11-15(7-8-20(21)29-10-9-25)13-23-19(22(26)27)12-16-14-24-18-6-4-3-5-17(16)18/h3-8,11,14,19,23-25H,2,9-10,12-13H2,1H3,(H,26,27). The average molecular weight is 398 g/mol. The van der Waals surface area contributed by atoms with Gasteiger partial charge in [0.05, 0.1) is 13.2 Å². The molecule has 1 heterocycles. The second-order valence-electron chi connectivity index (χ2n) is 6.62. The zero-order valence-electron chi connectivity index (χ0n) is 16.4. The molecule has 4 N–H and O–H groups in total. The number of aliphatic carboxylic acids is 1.